The van der Waals surface area contributed by atoms with Crippen molar-refractivity contribution in [2.75, 3.05) is 0 Å². The molecule has 8 nitrogen and oxygen atoms in total. The molecule has 0 aromatic carbocycles. The van der Waals surface area contributed by atoms with E-state index in [1.165, 1.54) is 4.08 Å². The van der Waals surface area contributed by atoms with E-state index in [4.69, 9.17) is 22.0 Å². The van der Waals surface area contributed by atoms with E-state index in [2.05, 4.69) is 4.49 Å². The van der Waals surface area contributed by atoms with Gasteiger partial charge in [-0.15, -0.1) is 0 Å². The SMILES string of the molecule is CC(C)N(SNP(N)(N)=O)P(N)(N)=O. The number of nitrogens with zero attached hydrogens (tertiary/aromatic N) is 1. The molecule has 0 radical (unpaired) electrons. The third kappa shape index (κ3) is 6.13. The maximum Gasteiger partial charge on any atom is 0.287 e. The number of hydrogen-bond acceptors (Lipinski definition) is 3. The predicted molar refractivity (Wildman–Crippen MR) is 59.7 cm³/mol. The fourth-order valence-electron chi connectivity index (χ4n) is 0.636. The first-order valence-corrected chi connectivity index (χ1v) is 8.04. The van der Waals surface area contributed by atoms with Crippen LogP contribution < -0.4 is 26.5 Å². The molecule has 0 aliphatic rings. The molecule has 0 aromatic rings. The Kier molecular flexibility index (Phi) is 5.27. The van der Waals surface area contributed by atoms with E-state index in [1.54, 1.807) is 13.8 Å². The number of nitrogens with one attached hydrogen (secondary N) is 1. The molecule has 9 N–H and O–H groups in total. The van der Waals surface area contributed by atoms with Gasteiger partial charge in [-0.1, -0.05) is 0 Å². The molecule has 0 bridgehead atoms. The zero-order valence-corrected chi connectivity index (χ0v) is 10.6. The summed E-state index contributed by atoms with van der Waals surface area (Å²) >= 11 is 0.701. The van der Waals surface area contributed by atoms with Crippen LogP contribution in [0.1, 0.15) is 13.8 Å². The molecular weight excluding hydrogens is 246 g/mol. The van der Waals surface area contributed by atoms with Gasteiger partial charge >= 0.3 is 0 Å². The molecule has 0 amide bonds. The average molecular weight is 262 g/mol. The average Bonchev–Trinajstić information content (AvgIpc) is 1.79. The van der Waals surface area contributed by atoms with E-state index in [9.17, 15) is 9.13 Å². The molecule has 86 valence electrons. The van der Waals surface area contributed by atoms with Gasteiger partial charge in [0.15, 0.2) is 0 Å². The van der Waals surface area contributed by atoms with Gasteiger partial charge in [0, 0.05) is 18.2 Å². The molecule has 0 fully saturated rings. The van der Waals surface area contributed by atoms with Crippen LogP contribution in [0.4, 0.5) is 0 Å². The van der Waals surface area contributed by atoms with Crippen LogP contribution in [0.3, 0.4) is 0 Å². The Balaban J connectivity index is 4.43. The monoisotopic (exact) mass is 262 g/mol. The first kappa shape index (κ1) is 14.6. The zero-order chi connectivity index (χ0) is 11.6. The second-order valence-corrected chi connectivity index (χ2v) is 7.73. The lowest BCUT2D eigenvalue weighted by molar-refractivity contribution is 0.498. The summed E-state index contributed by atoms with van der Waals surface area (Å²) in [5, 5.41) is 0. The van der Waals surface area contributed by atoms with Crippen LogP contribution in [0.2, 0.25) is 0 Å². The lowest BCUT2D eigenvalue weighted by Gasteiger charge is -2.27. The minimum absolute atomic E-state index is 0.208. The highest BCUT2D eigenvalue weighted by molar-refractivity contribution is 8.04. The Morgan fingerprint density at radius 3 is 1.86 bits per heavy atom. The van der Waals surface area contributed by atoms with Crippen molar-refractivity contribution in [1.29, 1.82) is 0 Å². The largest absolute Gasteiger partial charge is 0.287 e. The number of rotatable bonds is 5. The van der Waals surface area contributed by atoms with Crippen molar-refractivity contribution in [3.05, 3.63) is 0 Å². The number of nitrogens with two attached hydrogens (primary N) is 4. The van der Waals surface area contributed by atoms with Crippen LogP contribution >= 0.6 is 27.3 Å². The molecule has 0 spiro atoms. The lowest BCUT2D eigenvalue weighted by atomic mass is 10.4. The van der Waals surface area contributed by atoms with Crippen molar-refractivity contribution in [2.24, 2.45) is 22.0 Å². The summed E-state index contributed by atoms with van der Waals surface area (Å²) < 4.78 is 25.6. The molecule has 0 saturated carbocycles. The second-order valence-electron chi connectivity index (χ2n) is 2.96. The zero-order valence-electron chi connectivity index (χ0n) is 7.95. The van der Waals surface area contributed by atoms with Gasteiger partial charge < -0.3 is 0 Å². The van der Waals surface area contributed by atoms with Crippen molar-refractivity contribution in [3.63, 3.8) is 0 Å². The Hall–Kier alpha value is 0.570. The summed E-state index contributed by atoms with van der Waals surface area (Å²) in [6.07, 6.45) is 0. The quantitative estimate of drug-likeness (QED) is 0.337. The maximum atomic E-state index is 11.3. The molecule has 0 atom stereocenters. The van der Waals surface area contributed by atoms with E-state index in [1.807, 2.05) is 0 Å². The topological polar surface area (TPSA) is 153 Å². The van der Waals surface area contributed by atoms with Gasteiger partial charge in [-0.2, -0.15) is 8.57 Å². The molecule has 11 heteroatoms. The van der Waals surface area contributed by atoms with Gasteiger partial charge in [-0.3, -0.25) is 31.1 Å². The number of hydrogen-bond donors (Lipinski definition) is 5. The highest BCUT2D eigenvalue weighted by atomic mass is 32.2. The summed E-state index contributed by atoms with van der Waals surface area (Å²) in [5.74, 6) is 0. The van der Waals surface area contributed by atoms with E-state index in [-0.39, 0.29) is 6.04 Å². The van der Waals surface area contributed by atoms with Crippen molar-refractivity contribution < 1.29 is 9.13 Å². The minimum Gasteiger partial charge on any atom is -0.271 e. The first-order valence-electron chi connectivity index (χ1n) is 3.62. The second kappa shape index (κ2) is 5.07. The molecule has 0 unspecified atom stereocenters. The van der Waals surface area contributed by atoms with Gasteiger partial charge in [0.2, 0.25) is 0 Å². The van der Waals surface area contributed by atoms with Crippen LogP contribution in [-0.2, 0) is 9.13 Å². The smallest absolute Gasteiger partial charge is 0.271 e. The molecule has 0 aliphatic carbocycles. The van der Waals surface area contributed by atoms with Crippen molar-refractivity contribution in [1.82, 2.24) is 8.57 Å². The Morgan fingerprint density at radius 1 is 1.21 bits per heavy atom. The van der Waals surface area contributed by atoms with Crippen molar-refractivity contribution in [3.8, 4) is 0 Å². The van der Waals surface area contributed by atoms with Crippen molar-refractivity contribution >= 4 is 27.3 Å². The van der Waals surface area contributed by atoms with Crippen molar-refractivity contribution in [2.45, 2.75) is 19.9 Å². The van der Waals surface area contributed by atoms with E-state index >= 15 is 0 Å². The normalized spacial score (nSPS) is 14.0. The van der Waals surface area contributed by atoms with Gasteiger partial charge in [-0.05, 0) is 13.8 Å². The molecule has 0 heterocycles. The van der Waals surface area contributed by atoms with Crippen LogP contribution in [0, 0.1) is 0 Å². The van der Waals surface area contributed by atoms with Crippen LogP contribution in [-0.4, -0.2) is 10.1 Å². The van der Waals surface area contributed by atoms with E-state index in [0.29, 0.717) is 12.1 Å². The highest BCUT2D eigenvalue weighted by Crippen LogP contribution is 2.41. The Morgan fingerprint density at radius 2 is 1.64 bits per heavy atom. The predicted octanol–water partition coefficient (Wildman–Crippen LogP) is -0.0994. The Bertz CT molecular complexity index is 272. The van der Waals surface area contributed by atoms with Crippen LogP contribution in [0.15, 0.2) is 0 Å². The summed E-state index contributed by atoms with van der Waals surface area (Å²) in [7, 11) is -6.81. The van der Waals surface area contributed by atoms with Crippen LogP contribution in [0.5, 0.6) is 0 Å². The maximum absolute atomic E-state index is 11.3. The van der Waals surface area contributed by atoms with Gasteiger partial charge in [0.05, 0.1) is 0 Å². The third-order valence-electron chi connectivity index (χ3n) is 1.03. The van der Waals surface area contributed by atoms with Gasteiger partial charge in [0.25, 0.3) is 15.2 Å². The van der Waals surface area contributed by atoms with Gasteiger partial charge in [0.1, 0.15) is 0 Å². The molecule has 0 saturated heterocycles. The first-order chi connectivity index (χ1) is 6.04. The standard InChI is InChI=1S/C3H16N6O2P2S/c1-3(2)9(13(6,7)11)14-8-12(4,5)10/h3H,1-2H3,(H4,6,7,11)(H5,4,5,8,10). The highest BCUT2D eigenvalue weighted by Gasteiger charge is 2.26. The summed E-state index contributed by atoms with van der Waals surface area (Å²) in [6, 6.07) is -0.208. The van der Waals surface area contributed by atoms with Crippen LogP contribution in [0.25, 0.3) is 0 Å². The third-order valence-corrected chi connectivity index (χ3v) is 5.19. The fraction of sp³-hybridized carbons (Fsp3) is 1.00. The fourth-order valence-corrected chi connectivity index (χ4v) is 3.25. The molecule has 0 aromatic heterocycles. The molecule has 0 rings (SSSR count). The van der Waals surface area contributed by atoms with E-state index < -0.39 is 15.2 Å². The lowest BCUT2D eigenvalue weighted by Crippen LogP contribution is -2.32. The minimum atomic E-state index is -3.42. The molecule has 14 heavy (non-hydrogen) atoms. The van der Waals surface area contributed by atoms with E-state index in [0.717, 1.165) is 0 Å². The molecule has 0 aliphatic heterocycles. The Labute approximate surface area is 87.4 Å². The molecular formula is C3H16N6O2P2S. The summed E-state index contributed by atoms with van der Waals surface area (Å²) in [5.41, 5.74) is 20.5. The summed E-state index contributed by atoms with van der Waals surface area (Å²) in [6.45, 7) is 3.44. The van der Waals surface area contributed by atoms with Gasteiger partial charge in [-0.25, -0.2) is 0 Å². The summed E-state index contributed by atoms with van der Waals surface area (Å²) in [4.78, 5) is 0.